The number of halogens is 1. The van der Waals surface area contributed by atoms with E-state index in [0.717, 1.165) is 22.7 Å². The lowest BCUT2D eigenvalue weighted by atomic mass is 10.1. The predicted octanol–water partition coefficient (Wildman–Crippen LogP) is 2.42. The molecule has 0 spiro atoms. The van der Waals surface area contributed by atoms with E-state index in [2.05, 4.69) is 10.3 Å². The fraction of sp³-hybridized carbons (Fsp3) is 0.294. The minimum atomic E-state index is -0.501. The number of fused-ring (bicyclic) bond motifs is 1. The Kier molecular flexibility index (Phi) is 4.39. The first-order valence-corrected chi connectivity index (χ1v) is 7.76. The molecule has 120 valence electrons. The van der Waals surface area contributed by atoms with E-state index in [1.54, 1.807) is 18.3 Å². The highest BCUT2D eigenvalue weighted by molar-refractivity contribution is 6.30. The summed E-state index contributed by atoms with van der Waals surface area (Å²) in [6, 6.07) is 9.25. The molecule has 0 bridgehead atoms. The maximum Gasteiger partial charge on any atom is 0.261 e. The van der Waals surface area contributed by atoms with Gasteiger partial charge < -0.3 is 15.0 Å². The quantitative estimate of drug-likeness (QED) is 0.935. The zero-order valence-electron chi connectivity index (χ0n) is 13.0. The third-order valence-electron chi connectivity index (χ3n) is 3.72. The molecule has 2 heterocycles. The Morgan fingerprint density at radius 1 is 1.39 bits per heavy atom. The highest BCUT2D eigenvalue weighted by Gasteiger charge is 2.28. The van der Waals surface area contributed by atoms with Crippen LogP contribution in [0.4, 0.5) is 5.82 Å². The van der Waals surface area contributed by atoms with Crippen LogP contribution >= 0.6 is 11.6 Å². The van der Waals surface area contributed by atoms with Gasteiger partial charge in [0.2, 0.25) is 0 Å². The first kappa shape index (κ1) is 15.6. The van der Waals surface area contributed by atoms with E-state index < -0.39 is 6.10 Å². The number of nitrogens with zero attached hydrogens (tertiary/aromatic N) is 2. The zero-order chi connectivity index (χ0) is 16.4. The number of anilines is 1. The first-order valence-electron chi connectivity index (χ1n) is 7.38. The molecular formula is C17H18ClN3O2. The van der Waals surface area contributed by atoms with E-state index in [1.165, 1.54) is 0 Å². The number of aromatic nitrogens is 1. The van der Waals surface area contributed by atoms with Crippen LogP contribution in [0.15, 0.2) is 36.5 Å². The summed E-state index contributed by atoms with van der Waals surface area (Å²) < 4.78 is 5.68. The zero-order valence-corrected chi connectivity index (χ0v) is 13.8. The van der Waals surface area contributed by atoms with Crippen molar-refractivity contribution in [2.45, 2.75) is 19.1 Å². The highest BCUT2D eigenvalue weighted by Crippen LogP contribution is 2.31. The van der Waals surface area contributed by atoms with Crippen LogP contribution in [0.25, 0.3) is 0 Å². The minimum absolute atomic E-state index is 0.125. The van der Waals surface area contributed by atoms with E-state index >= 15 is 0 Å². The summed E-state index contributed by atoms with van der Waals surface area (Å²) in [6.45, 7) is 0.444. The van der Waals surface area contributed by atoms with E-state index in [0.29, 0.717) is 18.0 Å². The minimum Gasteiger partial charge on any atom is -0.480 e. The van der Waals surface area contributed by atoms with Gasteiger partial charge in [0.1, 0.15) is 11.6 Å². The molecular weight excluding hydrogens is 314 g/mol. The lowest BCUT2D eigenvalue weighted by Crippen LogP contribution is -2.37. The third kappa shape index (κ3) is 3.56. The second-order valence-electron chi connectivity index (χ2n) is 5.70. The van der Waals surface area contributed by atoms with Crippen LogP contribution in [0, 0.1) is 0 Å². The van der Waals surface area contributed by atoms with Gasteiger partial charge in [0.15, 0.2) is 6.10 Å². The topological polar surface area (TPSA) is 54.5 Å². The Morgan fingerprint density at radius 3 is 3.00 bits per heavy atom. The van der Waals surface area contributed by atoms with Crippen LogP contribution < -0.4 is 15.0 Å². The van der Waals surface area contributed by atoms with Gasteiger partial charge in [-0.15, -0.1) is 0 Å². The molecule has 0 saturated carbocycles. The molecule has 1 aromatic heterocycles. The van der Waals surface area contributed by atoms with Crippen molar-refractivity contribution < 1.29 is 9.53 Å². The number of pyridine rings is 1. The van der Waals surface area contributed by atoms with Gasteiger partial charge in [0.05, 0.1) is 0 Å². The monoisotopic (exact) mass is 331 g/mol. The summed E-state index contributed by atoms with van der Waals surface area (Å²) in [4.78, 5) is 18.5. The van der Waals surface area contributed by atoms with E-state index in [-0.39, 0.29) is 5.91 Å². The molecule has 1 aromatic carbocycles. The summed E-state index contributed by atoms with van der Waals surface area (Å²) in [5.41, 5.74) is 1.96. The molecule has 5 nitrogen and oxygen atoms in total. The number of nitrogens with one attached hydrogen (secondary N) is 1. The summed E-state index contributed by atoms with van der Waals surface area (Å²) >= 11 is 5.97. The molecule has 1 aliphatic rings. The standard InChI is InChI=1S/C17H18ClN3O2/c1-21(2)16-7-11(5-6-19-16)10-20-17(22)15-9-12-8-13(18)3-4-14(12)23-15/h3-8,15H,9-10H2,1-2H3,(H,20,22)/t15-/m1/s1. The van der Waals surface area contributed by atoms with Gasteiger partial charge in [-0.1, -0.05) is 11.6 Å². The maximum atomic E-state index is 12.3. The van der Waals surface area contributed by atoms with Crippen molar-refractivity contribution >= 4 is 23.3 Å². The molecule has 0 fully saturated rings. The SMILES string of the molecule is CN(C)c1cc(CNC(=O)[C@H]2Cc3cc(Cl)ccc3O2)ccn1. The Morgan fingerprint density at radius 2 is 2.22 bits per heavy atom. The highest BCUT2D eigenvalue weighted by atomic mass is 35.5. The van der Waals surface area contributed by atoms with Crippen molar-refractivity contribution in [1.29, 1.82) is 0 Å². The lowest BCUT2D eigenvalue weighted by Gasteiger charge is -2.14. The molecule has 6 heteroatoms. The fourth-order valence-corrected chi connectivity index (χ4v) is 2.68. The molecule has 2 aromatic rings. The Balaban J connectivity index is 1.60. The fourth-order valence-electron chi connectivity index (χ4n) is 2.48. The van der Waals surface area contributed by atoms with Crippen LogP contribution in [-0.2, 0) is 17.8 Å². The number of benzene rings is 1. The Hall–Kier alpha value is -2.27. The van der Waals surface area contributed by atoms with Crippen LogP contribution in [0.1, 0.15) is 11.1 Å². The number of carbonyl (C=O) groups excluding carboxylic acids is 1. The predicted molar refractivity (Wildman–Crippen MR) is 90.0 cm³/mol. The summed E-state index contributed by atoms with van der Waals surface area (Å²) in [6.07, 6.45) is 1.78. The molecule has 1 N–H and O–H groups in total. The summed E-state index contributed by atoms with van der Waals surface area (Å²) in [5.74, 6) is 1.46. The molecule has 23 heavy (non-hydrogen) atoms. The van der Waals surface area contributed by atoms with Crippen molar-refractivity contribution in [2.75, 3.05) is 19.0 Å². The average molecular weight is 332 g/mol. The second-order valence-corrected chi connectivity index (χ2v) is 6.13. The average Bonchev–Trinajstić information content (AvgIpc) is 2.96. The molecule has 1 atom stereocenters. The lowest BCUT2D eigenvalue weighted by molar-refractivity contribution is -0.127. The molecule has 0 unspecified atom stereocenters. The number of carbonyl (C=O) groups is 1. The second kappa shape index (κ2) is 6.46. The normalized spacial score (nSPS) is 15.7. The van der Waals surface area contributed by atoms with Gasteiger partial charge in [0.25, 0.3) is 5.91 Å². The summed E-state index contributed by atoms with van der Waals surface area (Å²) in [5, 5.41) is 3.57. The Labute approximate surface area is 140 Å². The molecule has 1 amide bonds. The van der Waals surface area contributed by atoms with Crippen LogP contribution in [0.2, 0.25) is 5.02 Å². The largest absolute Gasteiger partial charge is 0.480 e. The van der Waals surface area contributed by atoms with Gasteiger partial charge in [-0.2, -0.15) is 0 Å². The first-order chi connectivity index (χ1) is 11.0. The number of hydrogen-bond donors (Lipinski definition) is 1. The number of amides is 1. The third-order valence-corrected chi connectivity index (χ3v) is 3.96. The van der Waals surface area contributed by atoms with Crippen molar-refractivity contribution in [1.82, 2.24) is 10.3 Å². The number of hydrogen-bond acceptors (Lipinski definition) is 4. The molecule has 0 saturated heterocycles. The number of rotatable bonds is 4. The van der Waals surface area contributed by atoms with Gasteiger partial charge in [-0.3, -0.25) is 4.79 Å². The maximum absolute atomic E-state index is 12.3. The van der Waals surface area contributed by atoms with E-state index in [9.17, 15) is 4.79 Å². The van der Waals surface area contributed by atoms with Crippen LogP contribution in [0.3, 0.4) is 0 Å². The van der Waals surface area contributed by atoms with Gasteiger partial charge >= 0.3 is 0 Å². The van der Waals surface area contributed by atoms with Crippen molar-refractivity contribution in [2.24, 2.45) is 0 Å². The van der Waals surface area contributed by atoms with Crippen LogP contribution in [-0.4, -0.2) is 31.1 Å². The van der Waals surface area contributed by atoms with Crippen molar-refractivity contribution in [3.63, 3.8) is 0 Å². The summed E-state index contributed by atoms with van der Waals surface area (Å²) in [7, 11) is 3.86. The van der Waals surface area contributed by atoms with Gasteiger partial charge in [0, 0.05) is 38.3 Å². The smallest absolute Gasteiger partial charge is 0.261 e. The van der Waals surface area contributed by atoms with Gasteiger partial charge in [-0.05, 0) is 41.5 Å². The van der Waals surface area contributed by atoms with Crippen molar-refractivity contribution in [3.8, 4) is 5.75 Å². The molecule has 0 radical (unpaired) electrons. The molecule has 3 rings (SSSR count). The molecule has 1 aliphatic heterocycles. The van der Waals surface area contributed by atoms with E-state index in [1.807, 2.05) is 37.2 Å². The van der Waals surface area contributed by atoms with Crippen molar-refractivity contribution in [3.05, 3.63) is 52.7 Å². The van der Waals surface area contributed by atoms with Crippen LogP contribution in [0.5, 0.6) is 5.75 Å². The number of ether oxygens (including phenoxy) is 1. The van der Waals surface area contributed by atoms with E-state index in [4.69, 9.17) is 16.3 Å². The molecule has 0 aliphatic carbocycles. The van der Waals surface area contributed by atoms with Gasteiger partial charge in [-0.25, -0.2) is 4.98 Å². The Bertz CT molecular complexity index is 734.